The van der Waals surface area contributed by atoms with Crippen LogP contribution in [-0.4, -0.2) is 20.1 Å². The average Bonchev–Trinajstić information content (AvgIpc) is 2.58. The van der Waals surface area contributed by atoms with Crippen LogP contribution in [0.5, 0.6) is 5.75 Å². The van der Waals surface area contributed by atoms with Gasteiger partial charge in [-0.2, -0.15) is 0 Å². The highest BCUT2D eigenvalue weighted by atomic mass is 127. The van der Waals surface area contributed by atoms with Crippen LogP contribution in [0, 0.1) is 12.7 Å². The van der Waals surface area contributed by atoms with E-state index in [4.69, 9.17) is 4.74 Å². The van der Waals surface area contributed by atoms with Crippen LogP contribution in [0.4, 0.5) is 4.39 Å². The van der Waals surface area contributed by atoms with Crippen LogP contribution in [-0.2, 0) is 13.1 Å². The summed E-state index contributed by atoms with van der Waals surface area (Å²) in [6.07, 6.45) is 0. The van der Waals surface area contributed by atoms with Crippen LogP contribution in [0.2, 0.25) is 0 Å². The molecule has 0 fully saturated rings. The number of aryl methyl sites for hydroxylation is 1. The van der Waals surface area contributed by atoms with Gasteiger partial charge >= 0.3 is 0 Å². The molecular weight excluding hydrogens is 420 g/mol. The molecule has 4 nitrogen and oxygen atoms in total. The molecule has 0 saturated carbocycles. The third-order valence-electron chi connectivity index (χ3n) is 3.50. The van der Waals surface area contributed by atoms with E-state index in [2.05, 4.69) is 15.6 Å². The molecule has 2 aromatic carbocycles. The minimum atomic E-state index is -0.186. The van der Waals surface area contributed by atoms with Gasteiger partial charge < -0.3 is 15.4 Å². The second-order valence-electron chi connectivity index (χ2n) is 5.21. The zero-order chi connectivity index (χ0) is 16.7. The summed E-state index contributed by atoms with van der Waals surface area (Å²) in [5.74, 6) is 1.33. The summed E-state index contributed by atoms with van der Waals surface area (Å²) in [4.78, 5) is 4.19. The van der Waals surface area contributed by atoms with Gasteiger partial charge in [0.15, 0.2) is 5.96 Å². The molecule has 0 radical (unpaired) electrons. The van der Waals surface area contributed by atoms with Gasteiger partial charge in [-0.1, -0.05) is 24.3 Å². The third-order valence-corrected chi connectivity index (χ3v) is 3.50. The van der Waals surface area contributed by atoms with E-state index in [0.29, 0.717) is 24.6 Å². The summed E-state index contributed by atoms with van der Waals surface area (Å²) in [6, 6.07) is 12.9. The maximum atomic E-state index is 13.3. The Morgan fingerprint density at radius 3 is 2.33 bits per heavy atom. The van der Waals surface area contributed by atoms with Gasteiger partial charge in [0.25, 0.3) is 0 Å². The fraction of sp³-hybridized carbons (Fsp3) is 0.278. The Balaban J connectivity index is 0.00000288. The van der Waals surface area contributed by atoms with E-state index in [9.17, 15) is 4.39 Å². The second kappa shape index (κ2) is 10.1. The highest BCUT2D eigenvalue weighted by Crippen LogP contribution is 2.12. The van der Waals surface area contributed by atoms with Crippen molar-refractivity contribution >= 4 is 29.9 Å². The van der Waals surface area contributed by atoms with Crippen molar-refractivity contribution in [1.82, 2.24) is 10.6 Å². The molecule has 0 spiro atoms. The van der Waals surface area contributed by atoms with E-state index in [1.165, 1.54) is 6.07 Å². The van der Waals surface area contributed by atoms with Crippen molar-refractivity contribution in [2.45, 2.75) is 20.0 Å². The lowest BCUT2D eigenvalue weighted by Crippen LogP contribution is -2.36. The van der Waals surface area contributed by atoms with E-state index >= 15 is 0 Å². The van der Waals surface area contributed by atoms with E-state index < -0.39 is 0 Å². The standard InChI is InChI=1S/C18H22FN3O.HI/c1-13-9-15(7-8-17(13)19)12-22-18(20-2)21-11-14-5-4-6-16(10-14)23-3;/h4-10H,11-12H2,1-3H3,(H2,20,21,22);1H. The number of halogens is 2. The molecule has 2 N–H and O–H groups in total. The van der Waals surface area contributed by atoms with Gasteiger partial charge in [0.2, 0.25) is 0 Å². The zero-order valence-corrected chi connectivity index (χ0v) is 16.4. The maximum absolute atomic E-state index is 13.3. The van der Waals surface area contributed by atoms with Crippen LogP contribution in [0.15, 0.2) is 47.5 Å². The Kier molecular flexibility index (Phi) is 8.53. The lowest BCUT2D eigenvalue weighted by Gasteiger charge is -2.13. The van der Waals surface area contributed by atoms with Gasteiger partial charge in [0, 0.05) is 20.1 Å². The quantitative estimate of drug-likeness (QED) is 0.422. The molecule has 6 heteroatoms. The van der Waals surface area contributed by atoms with Gasteiger partial charge in [-0.15, -0.1) is 24.0 Å². The molecule has 0 aliphatic heterocycles. The Labute approximate surface area is 159 Å². The van der Waals surface area contributed by atoms with Crippen LogP contribution in [0.25, 0.3) is 0 Å². The number of guanidine groups is 1. The molecule has 2 rings (SSSR count). The lowest BCUT2D eigenvalue weighted by atomic mass is 10.1. The van der Waals surface area contributed by atoms with Crippen molar-refractivity contribution in [2.24, 2.45) is 4.99 Å². The van der Waals surface area contributed by atoms with Crippen LogP contribution >= 0.6 is 24.0 Å². The fourth-order valence-electron chi connectivity index (χ4n) is 2.19. The molecule has 0 aliphatic rings. The van der Waals surface area contributed by atoms with Crippen molar-refractivity contribution in [3.63, 3.8) is 0 Å². The molecule has 24 heavy (non-hydrogen) atoms. The average molecular weight is 443 g/mol. The lowest BCUT2D eigenvalue weighted by molar-refractivity contribution is 0.414. The number of benzene rings is 2. The molecule has 0 aliphatic carbocycles. The number of aliphatic imine (C=N–C) groups is 1. The van der Waals surface area contributed by atoms with E-state index in [1.54, 1.807) is 27.1 Å². The van der Waals surface area contributed by atoms with Crippen LogP contribution in [0.1, 0.15) is 16.7 Å². The first-order valence-electron chi connectivity index (χ1n) is 7.45. The molecule has 0 unspecified atom stereocenters. The zero-order valence-electron chi connectivity index (χ0n) is 14.1. The number of ether oxygens (including phenoxy) is 1. The molecular formula is C18H23FIN3O. The smallest absolute Gasteiger partial charge is 0.191 e. The SMILES string of the molecule is CN=C(NCc1cccc(OC)c1)NCc1ccc(F)c(C)c1.I. The Bertz CT molecular complexity index is 692. The number of nitrogens with one attached hydrogen (secondary N) is 2. The van der Waals surface area contributed by atoms with Crippen LogP contribution < -0.4 is 15.4 Å². The minimum Gasteiger partial charge on any atom is -0.497 e. The monoisotopic (exact) mass is 443 g/mol. The Hall–Kier alpha value is -1.83. The second-order valence-corrected chi connectivity index (χ2v) is 5.21. The van der Waals surface area contributed by atoms with Gasteiger partial charge in [0.1, 0.15) is 11.6 Å². The molecule has 0 saturated heterocycles. The first-order valence-corrected chi connectivity index (χ1v) is 7.45. The predicted octanol–water partition coefficient (Wildman–Crippen LogP) is 3.63. The summed E-state index contributed by atoms with van der Waals surface area (Å²) < 4.78 is 18.5. The number of rotatable bonds is 5. The van der Waals surface area contributed by atoms with E-state index in [0.717, 1.165) is 16.9 Å². The van der Waals surface area contributed by atoms with E-state index in [1.807, 2.05) is 30.3 Å². The first kappa shape index (κ1) is 20.2. The summed E-state index contributed by atoms with van der Waals surface area (Å²) in [6.45, 7) is 2.98. The summed E-state index contributed by atoms with van der Waals surface area (Å²) in [5, 5.41) is 6.46. The van der Waals surface area contributed by atoms with Crippen molar-refractivity contribution < 1.29 is 9.13 Å². The largest absolute Gasteiger partial charge is 0.497 e. The first-order chi connectivity index (χ1) is 11.1. The molecule has 0 atom stereocenters. The highest BCUT2D eigenvalue weighted by Gasteiger charge is 2.02. The number of hydrogen-bond acceptors (Lipinski definition) is 2. The van der Waals surface area contributed by atoms with Crippen molar-refractivity contribution in [2.75, 3.05) is 14.2 Å². The Morgan fingerprint density at radius 2 is 1.75 bits per heavy atom. The molecule has 0 aromatic heterocycles. The van der Waals surface area contributed by atoms with Gasteiger partial charge in [-0.3, -0.25) is 4.99 Å². The van der Waals surface area contributed by atoms with Crippen molar-refractivity contribution in [3.05, 3.63) is 65.0 Å². The third kappa shape index (κ3) is 5.99. The van der Waals surface area contributed by atoms with Gasteiger partial charge in [-0.05, 0) is 41.8 Å². The molecule has 0 amide bonds. The summed E-state index contributed by atoms with van der Waals surface area (Å²) in [7, 11) is 3.37. The number of hydrogen-bond donors (Lipinski definition) is 2. The fourth-order valence-corrected chi connectivity index (χ4v) is 2.19. The molecule has 130 valence electrons. The Morgan fingerprint density at radius 1 is 1.08 bits per heavy atom. The van der Waals surface area contributed by atoms with Gasteiger partial charge in [-0.25, -0.2) is 4.39 Å². The van der Waals surface area contributed by atoms with E-state index in [-0.39, 0.29) is 29.8 Å². The normalized spacial score (nSPS) is 10.8. The van der Waals surface area contributed by atoms with Crippen molar-refractivity contribution in [3.8, 4) is 5.75 Å². The minimum absolute atomic E-state index is 0. The van der Waals surface area contributed by atoms with Gasteiger partial charge in [0.05, 0.1) is 7.11 Å². The summed E-state index contributed by atoms with van der Waals surface area (Å²) in [5.41, 5.74) is 2.75. The van der Waals surface area contributed by atoms with Crippen molar-refractivity contribution in [1.29, 1.82) is 0 Å². The highest BCUT2D eigenvalue weighted by molar-refractivity contribution is 14.0. The maximum Gasteiger partial charge on any atom is 0.191 e. The molecule has 0 heterocycles. The van der Waals surface area contributed by atoms with Crippen LogP contribution in [0.3, 0.4) is 0 Å². The predicted molar refractivity (Wildman–Crippen MR) is 107 cm³/mol. The molecule has 0 bridgehead atoms. The molecule has 2 aromatic rings. The topological polar surface area (TPSA) is 45.7 Å². The summed E-state index contributed by atoms with van der Waals surface area (Å²) >= 11 is 0. The number of methoxy groups -OCH3 is 1. The number of nitrogens with zero attached hydrogens (tertiary/aromatic N) is 1.